The fraction of sp³-hybridized carbons (Fsp3) is 0.462. The predicted molar refractivity (Wildman–Crippen MR) is 69.6 cm³/mol. The second-order valence-electron chi connectivity index (χ2n) is 4.32. The summed E-state index contributed by atoms with van der Waals surface area (Å²) < 4.78 is 43.1. The fourth-order valence-electron chi connectivity index (χ4n) is 1.59. The average molecular weight is 290 g/mol. The summed E-state index contributed by atoms with van der Waals surface area (Å²) in [5.74, 6) is 0. The van der Waals surface area contributed by atoms with Crippen LogP contribution in [-0.2, 0) is 10.9 Å². The van der Waals surface area contributed by atoms with Gasteiger partial charge < -0.3 is 15.4 Å². The lowest BCUT2D eigenvalue weighted by Gasteiger charge is -2.16. The first-order valence-corrected chi connectivity index (χ1v) is 6.07. The Labute approximate surface area is 115 Å². The highest BCUT2D eigenvalue weighted by Crippen LogP contribution is 2.34. The van der Waals surface area contributed by atoms with Gasteiger partial charge in [0, 0.05) is 19.8 Å². The van der Waals surface area contributed by atoms with E-state index in [9.17, 15) is 18.0 Å². The molecule has 0 radical (unpaired) electrons. The zero-order chi connectivity index (χ0) is 15.2. The maximum atomic E-state index is 12.7. The fourth-order valence-corrected chi connectivity index (χ4v) is 1.59. The van der Waals surface area contributed by atoms with E-state index in [-0.39, 0.29) is 11.7 Å². The molecule has 112 valence electrons. The number of benzene rings is 1. The van der Waals surface area contributed by atoms with Gasteiger partial charge in [-0.1, -0.05) is 12.1 Å². The van der Waals surface area contributed by atoms with Gasteiger partial charge in [0.25, 0.3) is 0 Å². The van der Waals surface area contributed by atoms with Crippen LogP contribution in [-0.4, -0.2) is 25.8 Å². The van der Waals surface area contributed by atoms with Gasteiger partial charge >= 0.3 is 12.2 Å². The Kier molecular flexibility index (Phi) is 5.82. The topological polar surface area (TPSA) is 50.4 Å². The van der Waals surface area contributed by atoms with Gasteiger partial charge in [-0.3, -0.25) is 0 Å². The Morgan fingerprint density at radius 1 is 1.35 bits per heavy atom. The lowest BCUT2D eigenvalue weighted by Crippen LogP contribution is -2.37. The molecule has 1 rings (SSSR count). The number of carbonyl (C=O) groups excluding carboxylic acids is 1. The second kappa shape index (κ2) is 7.14. The van der Waals surface area contributed by atoms with Gasteiger partial charge in [0.05, 0.1) is 11.3 Å². The van der Waals surface area contributed by atoms with Gasteiger partial charge in [0.2, 0.25) is 0 Å². The Bertz CT molecular complexity index is 449. The number of para-hydroxylation sites is 1. The largest absolute Gasteiger partial charge is 0.418 e. The van der Waals surface area contributed by atoms with Crippen LogP contribution in [0.2, 0.25) is 0 Å². The molecule has 1 atom stereocenters. The first-order valence-electron chi connectivity index (χ1n) is 6.07. The smallest absolute Gasteiger partial charge is 0.385 e. The number of halogens is 3. The number of nitrogens with one attached hydrogen (secondary N) is 2. The van der Waals surface area contributed by atoms with Crippen LogP contribution in [0.25, 0.3) is 0 Å². The van der Waals surface area contributed by atoms with Crippen molar-refractivity contribution in [3.05, 3.63) is 29.8 Å². The Hall–Kier alpha value is -1.76. The summed E-state index contributed by atoms with van der Waals surface area (Å²) >= 11 is 0. The highest BCUT2D eigenvalue weighted by Gasteiger charge is 2.33. The highest BCUT2D eigenvalue weighted by atomic mass is 19.4. The summed E-state index contributed by atoms with van der Waals surface area (Å²) in [6, 6.07) is 3.96. The predicted octanol–water partition coefficient (Wildman–Crippen LogP) is 3.25. The van der Waals surface area contributed by atoms with Crippen molar-refractivity contribution in [2.24, 2.45) is 0 Å². The number of methoxy groups -OCH3 is 1. The van der Waals surface area contributed by atoms with E-state index in [1.807, 2.05) is 0 Å². The minimum absolute atomic E-state index is 0.201. The maximum absolute atomic E-state index is 12.7. The number of amides is 2. The molecule has 0 aliphatic carbocycles. The molecule has 0 aliphatic rings. The van der Waals surface area contributed by atoms with Crippen LogP contribution in [0.1, 0.15) is 18.9 Å². The third-order valence-electron chi connectivity index (χ3n) is 2.61. The molecule has 2 N–H and O–H groups in total. The number of urea groups is 1. The highest BCUT2D eigenvalue weighted by molar-refractivity contribution is 5.90. The Balaban J connectivity index is 2.67. The Morgan fingerprint density at radius 2 is 2.00 bits per heavy atom. The van der Waals surface area contributed by atoms with Gasteiger partial charge in [-0.25, -0.2) is 4.79 Å². The normalized spacial score (nSPS) is 12.8. The molecule has 4 nitrogen and oxygen atoms in total. The molecule has 0 fully saturated rings. The van der Waals surface area contributed by atoms with Gasteiger partial charge in [-0.2, -0.15) is 13.2 Å². The summed E-state index contributed by atoms with van der Waals surface area (Å²) in [7, 11) is 1.53. The van der Waals surface area contributed by atoms with Gasteiger partial charge in [-0.15, -0.1) is 0 Å². The van der Waals surface area contributed by atoms with Crippen molar-refractivity contribution >= 4 is 11.7 Å². The SMILES string of the molecule is COCCC(C)NC(=O)Nc1ccccc1C(F)(F)F. The molecule has 1 aromatic carbocycles. The van der Waals surface area contributed by atoms with Crippen LogP contribution in [0.4, 0.5) is 23.7 Å². The molecule has 2 amide bonds. The number of ether oxygens (including phenoxy) is 1. The average Bonchev–Trinajstić information content (AvgIpc) is 2.35. The molecule has 0 aliphatic heterocycles. The summed E-state index contributed by atoms with van der Waals surface area (Å²) in [5, 5.41) is 4.76. The van der Waals surface area contributed by atoms with E-state index in [1.165, 1.54) is 25.3 Å². The zero-order valence-electron chi connectivity index (χ0n) is 11.3. The number of hydrogen-bond acceptors (Lipinski definition) is 2. The van der Waals surface area contributed by atoms with E-state index in [2.05, 4.69) is 10.6 Å². The molecular weight excluding hydrogens is 273 g/mol. The van der Waals surface area contributed by atoms with Crippen LogP contribution >= 0.6 is 0 Å². The molecular formula is C13H17F3N2O2. The quantitative estimate of drug-likeness (QED) is 0.874. The summed E-state index contributed by atoms with van der Waals surface area (Å²) in [6.07, 6.45) is -3.93. The molecule has 0 aromatic heterocycles. The van der Waals surface area contributed by atoms with Crippen LogP contribution in [0.5, 0.6) is 0 Å². The first-order chi connectivity index (χ1) is 9.34. The lowest BCUT2D eigenvalue weighted by atomic mass is 10.1. The molecule has 0 saturated carbocycles. The van der Waals surface area contributed by atoms with Gasteiger partial charge in [0.1, 0.15) is 0 Å². The molecule has 1 unspecified atom stereocenters. The standard InChI is InChI=1S/C13H17F3N2O2/c1-9(7-8-20-2)17-12(19)18-11-6-4-3-5-10(11)13(14,15)16/h3-6,9H,7-8H2,1-2H3,(H2,17,18,19). The zero-order valence-corrected chi connectivity index (χ0v) is 11.3. The van der Waals surface area contributed by atoms with Crippen molar-refractivity contribution in [3.8, 4) is 0 Å². The third-order valence-corrected chi connectivity index (χ3v) is 2.61. The van der Waals surface area contributed by atoms with Gasteiger partial charge in [0.15, 0.2) is 0 Å². The van der Waals surface area contributed by atoms with Crippen LogP contribution in [0, 0.1) is 0 Å². The molecule has 7 heteroatoms. The van der Waals surface area contributed by atoms with E-state index in [1.54, 1.807) is 6.92 Å². The third kappa shape index (κ3) is 5.08. The number of anilines is 1. The minimum Gasteiger partial charge on any atom is -0.385 e. The lowest BCUT2D eigenvalue weighted by molar-refractivity contribution is -0.136. The van der Waals surface area contributed by atoms with Crippen molar-refractivity contribution in [1.82, 2.24) is 5.32 Å². The summed E-state index contributed by atoms with van der Waals surface area (Å²) in [4.78, 5) is 11.6. The molecule has 20 heavy (non-hydrogen) atoms. The van der Waals surface area contributed by atoms with Gasteiger partial charge in [-0.05, 0) is 25.5 Å². The Morgan fingerprint density at radius 3 is 2.60 bits per heavy atom. The molecule has 0 bridgehead atoms. The molecule has 0 heterocycles. The number of alkyl halides is 3. The number of hydrogen-bond donors (Lipinski definition) is 2. The monoisotopic (exact) mass is 290 g/mol. The van der Waals surface area contributed by atoms with Crippen molar-refractivity contribution in [1.29, 1.82) is 0 Å². The molecule has 1 aromatic rings. The van der Waals surface area contributed by atoms with Crippen molar-refractivity contribution in [3.63, 3.8) is 0 Å². The van der Waals surface area contributed by atoms with E-state index >= 15 is 0 Å². The van der Waals surface area contributed by atoms with Crippen molar-refractivity contribution in [2.75, 3.05) is 19.0 Å². The van der Waals surface area contributed by atoms with Crippen molar-refractivity contribution in [2.45, 2.75) is 25.6 Å². The van der Waals surface area contributed by atoms with Crippen molar-refractivity contribution < 1.29 is 22.7 Å². The number of rotatable bonds is 5. The van der Waals surface area contributed by atoms with E-state index < -0.39 is 17.8 Å². The molecule has 0 saturated heterocycles. The van der Waals surface area contributed by atoms with Crippen LogP contribution in [0.3, 0.4) is 0 Å². The van der Waals surface area contributed by atoms with Crippen LogP contribution < -0.4 is 10.6 Å². The first kappa shape index (κ1) is 16.3. The van der Waals surface area contributed by atoms with E-state index in [4.69, 9.17) is 4.74 Å². The van der Waals surface area contributed by atoms with E-state index in [0.29, 0.717) is 13.0 Å². The molecule has 0 spiro atoms. The van der Waals surface area contributed by atoms with E-state index in [0.717, 1.165) is 6.07 Å². The maximum Gasteiger partial charge on any atom is 0.418 e. The van der Waals surface area contributed by atoms with Crippen LogP contribution in [0.15, 0.2) is 24.3 Å². The summed E-state index contributed by atoms with van der Waals surface area (Å²) in [6.45, 7) is 2.20. The minimum atomic E-state index is -4.51. The second-order valence-corrected chi connectivity index (χ2v) is 4.32. The summed E-state index contributed by atoms with van der Waals surface area (Å²) in [5.41, 5.74) is -1.14. The number of carbonyl (C=O) groups is 1.